The van der Waals surface area contributed by atoms with Gasteiger partial charge in [-0.15, -0.1) is 11.3 Å². The number of carboxylic acids is 1. The fourth-order valence-electron chi connectivity index (χ4n) is 4.44. The van der Waals surface area contributed by atoms with E-state index in [0.29, 0.717) is 45.6 Å². The molecule has 6 rings (SSSR count). The van der Waals surface area contributed by atoms with Crippen LogP contribution >= 0.6 is 11.3 Å². The summed E-state index contributed by atoms with van der Waals surface area (Å²) < 4.78 is 14.9. The molecular formula is C24H16FN5O2S. The largest absolute Gasteiger partial charge is 0.478 e. The summed E-state index contributed by atoms with van der Waals surface area (Å²) >= 11 is 1.45. The van der Waals surface area contributed by atoms with Gasteiger partial charge in [0.15, 0.2) is 5.13 Å². The summed E-state index contributed by atoms with van der Waals surface area (Å²) in [7, 11) is 0. The van der Waals surface area contributed by atoms with Crippen LogP contribution in [0.5, 0.6) is 0 Å². The third-order valence-electron chi connectivity index (χ3n) is 5.85. The number of nitrogens with one attached hydrogen (secondary N) is 1. The molecule has 0 atom stereocenters. The Hall–Kier alpha value is -3.98. The minimum absolute atomic E-state index is 0.186. The molecule has 0 saturated heterocycles. The maximum atomic E-state index is 14.9. The van der Waals surface area contributed by atoms with Crippen LogP contribution in [0.15, 0.2) is 46.9 Å². The molecular weight excluding hydrogens is 441 g/mol. The number of fused-ring (bicyclic) bond motifs is 4. The van der Waals surface area contributed by atoms with Crippen molar-refractivity contribution in [2.45, 2.75) is 19.9 Å². The van der Waals surface area contributed by atoms with Crippen molar-refractivity contribution in [2.24, 2.45) is 4.99 Å². The Kier molecular flexibility index (Phi) is 4.34. The van der Waals surface area contributed by atoms with Gasteiger partial charge in [-0.25, -0.2) is 24.1 Å². The molecule has 0 bridgehead atoms. The van der Waals surface area contributed by atoms with Crippen LogP contribution in [-0.2, 0) is 13.0 Å². The molecule has 2 N–H and O–H groups in total. The quantitative estimate of drug-likeness (QED) is 0.406. The van der Waals surface area contributed by atoms with Gasteiger partial charge in [-0.1, -0.05) is 18.2 Å². The van der Waals surface area contributed by atoms with Crippen molar-refractivity contribution >= 4 is 34.1 Å². The minimum atomic E-state index is -1.03. The molecule has 0 fully saturated rings. The van der Waals surface area contributed by atoms with E-state index in [0.717, 1.165) is 22.4 Å². The van der Waals surface area contributed by atoms with Gasteiger partial charge in [0, 0.05) is 33.8 Å². The molecule has 0 spiro atoms. The van der Waals surface area contributed by atoms with Crippen LogP contribution in [0.4, 0.5) is 15.5 Å². The Morgan fingerprint density at radius 3 is 2.82 bits per heavy atom. The van der Waals surface area contributed by atoms with Gasteiger partial charge in [-0.3, -0.25) is 4.99 Å². The third-order valence-corrected chi connectivity index (χ3v) is 6.72. The van der Waals surface area contributed by atoms with E-state index in [1.807, 2.05) is 18.4 Å². The Labute approximate surface area is 191 Å². The van der Waals surface area contributed by atoms with Crippen LogP contribution in [0.2, 0.25) is 0 Å². The number of hydrogen-bond acceptors (Lipinski definition) is 7. The van der Waals surface area contributed by atoms with Gasteiger partial charge in [-0.2, -0.15) is 0 Å². The van der Waals surface area contributed by atoms with E-state index in [1.165, 1.54) is 17.4 Å². The first-order valence-corrected chi connectivity index (χ1v) is 11.1. The van der Waals surface area contributed by atoms with Gasteiger partial charge in [0.2, 0.25) is 5.95 Å². The molecule has 9 heteroatoms. The van der Waals surface area contributed by atoms with Gasteiger partial charge in [0.25, 0.3) is 0 Å². The zero-order valence-corrected chi connectivity index (χ0v) is 18.2. The fraction of sp³-hybridized carbons (Fsp3) is 0.125. The molecule has 162 valence electrons. The van der Waals surface area contributed by atoms with Crippen molar-refractivity contribution in [1.82, 2.24) is 15.0 Å². The number of carbonyl (C=O) groups is 1. The first kappa shape index (κ1) is 19.7. The van der Waals surface area contributed by atoms with Gasteiger partial charge in [-0.05, 0) is 36.6 Å². The van der Waals surface area contributed by atoms with E-state index >= 15 is 0 Å². The van der Waals surface area contributed by atoms with Crippen molar-refractivity contribution in [3.05, 3.63) is 86.8 Å². The lowest BCUT2D eigenvalue weighted by Gasteiger charge is -2.25. The standard InChI is InChI=1S/C24H16FN5O2S/c1-11-10-33-24(28-11)30-23-27-9-13-8-26-21-18-12(3-2-4-17(18)25)7-16-14(22(31)32)5-6-15(19(16)21)20(13)29-23/h2-6,9-10H,7-8H2,1H3,(H,31,32)(H,27,28,29,30). The molecule has 0 unspecified atom stereocenters. The van der Waals surface area contributed by atoms with Crippen molar-refractivity contribution in [3.63, 3.8) is 0 Å². The molecule has 2 aromatic carbocycles. The van der Waals surface area contributed by atoms with Crippen molar-refractivity contribution in [1.29, 1.82) is 0 Å². The second kappa shape index (κ2) is 7.28. The monoisotopic (exact) mass is 457 g/mol. The zero-order chi connectivity index (χ0) is 22.7. The van der Waals surface area contributed by atoms with E-state index in [-0.39, 0.29) is 17.9 Å². The summed E-state index contributed by atoms with van der Waals surface area (Å²) in [6.45, 7) is 2.16. The van der Waals surface area contributed by atoms with Crippen LogP contribution in [0.3, 0.4) is 0 Å². The highest BCUT2D eigenvalue weighted by atomic mass is 32.1. The molecule has 0 amide bonds. The molecule has 0 saturated carbocycles. The number of halogens is 1. The number of nitrogens with zero attached hydrogens (tertiary/aromatic N) is 4. The number of thiazole rings is 1. The summed E-state index contributed by atoms with van der Waals surface area (Å²) in [5.74, 6) is -1.02. The van der Waals surface area contributed by atoms with Gasteiger partial charge < -0.3 is 10.4 Å². The molecule has 1 aliphatic heterocycles. The highest BCUT2D eigenvalue weighted by Crippen LogP contribution is 2.40. The van der Waals surface area contributed by atoms with Gasteiger partial charge >= 0.3 is 5.97 Å². The minimum Gasteiger partial charge on any atom is -0.478 e. The van der Waals surface area contributed by atoms with Crippen LogP contribution < -0.4 is 5.32 Å². The lowest BCUT2D eigenvalue weighted by atomic mass is 9.79. The molecule has 4 aromatic rings. The Morgan fingerprint density at radius 1 is 1.15 bits per heavy atom. The predicted molar refractivity (Wildman–Crippen MR) is 123 cm³/mol. The average Bonchev–Trinajstić information content (AvgIpc) is 3.13. The average molecular weight is 457 g/mol. The zero-order valence-electron chi connectivity index (χ0n) is 17.4. The summed E-state index contributed by atoms with van der Waals surface area (Å²) in [5.41, 5.74) is 6.08. The number of aromatic carboxylic acids is 1. The number of aromatic nitrogens is 3. The molecule has 2 aliphatic rings. The maximum Gasteiger partial charge on any atom is 0.335 e. The maximum absolute atomic E-state index is 14.9. The molecule has 2 aromatic heterocycles. The van der Waals surface area contributed by atoms with Crippen LogP contribution in [-0.4, -0.2) is 31.7 Å². The number of hydrogen-bond donors (Lipinski definition) is 2. The first-order chi connectivity index (χ1) is 16.0. The lowest BCUT2D eigenvalue weighted by molar-refractivity contribution is 0.0696. The van der Waals surface area contributed by atoms with E-state index in [4.69, 9.17) is 9.98 Å². The molecule has 7 nitrogen and oxygen atoms in total. The number of benzene rings is 2. The SMILES string of the molecule is Cc1csc(Nc2ncc3c(n2)-c2ccc(C(=O)O)c4c2C(=NC3)c2c(F)cccc2C4)n1. The lowest BCUT2D eigenvalue weighted by Crippen LogP contribution is -2.21. The van der Waals surface area contributed by atoms with Crippen LogP contribution in [0, 0.1) is 12.7 Å². The molecule has 3 heterocycles. The summed E-state index contributed by atoms with van der Waals surface area (Å²) in [6, 6.07) is 8.19. The topological polar surface area (TPSA) is 100 Å². The van der Waals surface area contributed by atoms with Crippen molar-refractivity contribution in [2.75, 3.05) is 5.32 Å². The van der Waals surface area contributed by atoms with E-state index in [1.54, 1.807) is 24.4 Å². The molecule has 0 radical (unpaired) electrons. The highest BCUT2D eigenvalue weighted by Gasteiger charge is 2.33. The summed E-state index contributed by atoms with van der Waals surface area (Å²) in [4.78, 5) is 30.3. The fourth-order valence-corrected chi connectivity index (χ4v) is 5.12. The van der Waals surface area contributed by atoms with Crippen LogP contribution in [0.1, 0.15) is 43.9 Å². The van der Waals surface area contributed by atoms with E-state index in [9.17, 15) is 14.3 Å². The number of aryl methyl sites for hydroxylation is 1. The van der Waals surface area contributed by atoms with Crippen molar-refractivity contribution < 1.29 is 14.3 Å². The normalized spacial score (nSPS) is 13.3. The summed E-state index contributed by atoms with van der Waals surface area (Å²) in [6.07, 6.45) is 2.01. The van der Waals surface area contributed by atoms with E-state index in [2.05, 4.69) is 15.3 Å². The first-order valence-electron chi connectivity index (χ1n) is 10.3. The van der Waals surface area contributed by atoms with Gasteiger partial charge in [0.1, 0.15) is 5.82 Å². The second-order valence-corrected chi connectivity index (χ2v) is 8.78. The number of rotatable bonds is 3. The Bertz CT molecular complexity index is 1510. The van der Waals surface area contributed by atoms with Crippen molar-refractivity contribution in [3.8, 4) is 11.3 Å². The molecule has 1 aliphatic carbocycles. The van der Waals surface area contributed by atoms with E-state index < -0.39 is 5.97 Å². The Morgan fingerprint density at radius 2 is 2.03 bits per heavy atom. The smallest absolute Gasteiger partial charge is 0.335 e. The number of carboxylic acid groups (broad SMARTS) is 1. The third kappa shape index (κ3) is 3.12. The predicted octanol–water partition coefficient (Wildman–Crippen LogP) is 4.74. The van der Waals surface area contributed by atoms with Gasteiger partial charge in [0.05, 0.1) is 29.2 Å². The Balaban J connectivity index is 1.57. The number of aliphatic imine (C=N–C) groups is 1. The highest BCUT2D eigenvalue weighted by molar-refractivity contribution is 7.13. The van der Waals surface area contributed by atoms with Crippen LogP contribution in [0.25, 0.3) is 11.3 Å². The summed E-state index contributed by atoms with van der Waals surface area (Å²) in [5, 5.41) is 15.6. The molecule has 33 heavy (non-hydrogen) atoms. The second-order valence-electron chi connectivity index (χ2n) is 7.92. The number of anilines is 2.